The van der Waals surface area contributed by atoms with Crippen molar-refractivity contribution < 1.29 is 27.6 Å². The van der Waals surface area contributed by atoms with Crippen LogP contribution in [0.15, 0.2) is 75.8 Å². The number of amides is 1. The highest BCUT2D eigenvalue weighted by Crippen LogP contribution is 2.41. The van der Waals surface area contributed by atoms with E-state index in [0.717, 1.165) is 0 Å². The Labute approximate surface area is 222 Å². The maximum Gasteiger partial charge on any atom is 0.296 e. The van der Waals surface area contributed by atoms with Gasteiger partial charge in [0.15, 0.2) is 5.75 Å². The third-order valence-electron chi connectivity index (χ3n) is 5.49. The third kappa shape index (κ3) is 5.37. The van der Waals surface area contributed by atoms with E-state index in [9.17, 15) is 22.9 Å². The van der Waals surface area contributed by atoms with Crippen LogP contribution in [0, 0.1) is 6.92 Å². The average molecular weight is 560 g/mol. The van der Waals surface area contributed by atoms with Crippen molar-refractivity contribution in [3.05, 3.63) is 81.8 Å². The summed E-state index contributed by atoms with van der Waals surface area (Å²) < 4.78 is 38.2. The number of nitrogens with one attached hydrogen (secondary N) is 1. The van der Waals surface area contributed by atoms with Crippen LogP contribution >= 0.6 is 23.2 Å². The van der Waals surface area contributed by atoms with Crippen LogP contribution in [-0.4, -0.2) is 31.1 Å². The number of benzene rings is 4. The molecule has 0 spiro atoms. The van der Waals surface area contributed by atoms with Crippen molar-refractivity contribution in [3.63, 3.8) is 0 Å². The van der Waals surface area contributed by atoms with Gasteiger partial charge in [-0.05, 0) is 54.3 Å². The SMILES string of the molecule is COc1ccc(NC(=O)c2cc3ccccc3c(N=Nc3ccc(Cl)c(S(=O)(=O)O)c3C)c2O)cc1Cl. The van der Waals surface area contributed by atoms with Gasteiger partial charge in [-0.25, -0.2) is 0 Å². The number of hydrogen-bond acceptors (Lipinski definition) is 7. The molecule has 0 aliphatic carbocycles. The lowest BCUT2D eigenvalue weighted by Gasteiger charge is -2.12. The standard InChI is InChI=1S/C25H19Cl2N3O6S/c1-13-20(9-8-18(26)24(13)37(33,34)35)29-30-22-16-6-4-3-5-14(16)11-17(23(22)31)25(32)28-15-7-10-21(36-2)19(27)12-15/h3-12,31H,1-2H3,(H,28,32)(H,33,34,35). The van der Waals surface area contributed by atoms with Gasteiger partial charge in [0.05, 0.1) is 28.4 Å². The van der Waals surface area contributed by atoms with Gasteiger partial charge in [-0.1, -0.05) is 47.5 Å². The molecule has 9 nitrogen and oxygen atoms in total. The number of rotatable bonds is 6. The van der Waals surface area contributed by atoms with Crippen LogP contribution < -0.4 is 10.1 Å². The number of ether oxygens (including phenoxy) is 1. The quantitative estimate of drug-likeness (QED) is 0.170. The number of carbonyl (C=O) groups excluding carboxylic acids is 1. The molecule has 190 valence electrons. The lowest BCUT2D eigenvalue weighted by atomic mass is 10.0. The predicted octanol–water partition coefficient (Wildman–Crippen LogP) is 7.08. The number of nitrogens with zero attached hydrogens (tertiary/aromatic N) is 2. The van der Waals surface area contributed by atoms with Crippen molar-refractivity contribution in [1.29, 1.82) is 0 Å². The highest BCUT2D eigenvalue weighted by molar-refractivity contribution is 7.86. The van der Waals surface area contributed by atoms with E-state index in [1.807, 2.05) is 0 Å². The maximum atomic E-state index is 13.1. The summed E-state index contributed by atoms with van der Waals surface area (Å²) in [5.74, 6) is -0.635. The van der Waals surface area contributed by atoms with Crippen molar-refractivity contribution in [1.82, 2.24) is 0 Å². The molecule has 0 saturated heterocycles. The van der Waals surface area contributed by atoms with Gasteiger partial charge in [-0.2, -0.15) is 13.5 Å². The molecule has 0 radical (unpaired) electrons. The van der Waals surface area contributed by atoms with Crippen LogP contribution in [0.25, 0.3) is 10.8 Å². The fourth-order valence-corrected chi connectivity index (χ4v) is 5.27. The molecule has 4 aromatic rings. The van der Waals surface area contributed by atoms with Crippen LogP contribution in [0.5, 0.6) is 11.5 Å². The molecule has 0 fully saturated rings. The van der Waals surface area contributed by atoms with E-state index >= 15 is 0 Å². The molecule has 12 heteroatoms. The predicted molar refractivity (Wildman–Crippen MR) is 142 cm³/mol. The van der Waals surface area contributed by atoms with Gasteiger partial charge in [0.1, 0.15) is 16.3 Å². The molecular formula is C25H19Cl2N3O6S. The summed E-state index contributed by atoms with van der Waals surface area (Å²) in [6.45, 7) is 1.41. The first-order chi connectivity index (χ1) is 17.5. The lowest BCUT2D eigenvalue weighted by Crippen LogP contribution is -2.12. The molecule has 4 aromatic carbocycles. The summed E-state index contributed by atoms with van der Waals surface area (Å²) in [5, 5.41) is 23.1. The van der Waals surface area contributed by atoms with E-state index in [1.165, 1.54) is 38.3 Å². The second-order valence-electron chi connectivity index (χ2n) is 7.84. The van der Waals surface area contributed by atoms with E-state index < -0.39 is 26.7 Å². The maximum absolute atomic E-state index is 13.1. The Morgan fingerprint density at radius 1 is 1.00 bits per heavy atom. The molecule has 0 heterocycles. The number of aromatic hydroxyl groups is 1. The highest BCUT2D eigenvalue weighted by Gasteiger charge is 2.21. The number of azo groups is 1. The van der Waals surface area contributed by atoms with Crippen molar-refractivity contribution in [2.24, 2.45) is 10.2 Å². The first-order valence-electron chi connectivity index (χ1n) is 10.6. The molecule has 1 amide bonds. The van der Waals surface area contributed by atoms with Gasteiger partial charge < -0.3 is 15.2 Å². The summed E-state index contributed by atoms with van der Waals surface area (Å²) in [4.78, 5) is 12.6. The molecule has 4 rings (SSSR count). The Morgan fingerprint density at radius 2 is 1.73 bits per heavy atom. The number of carbonyl (C=O) groups is 1. The van der Waals surface area contributed by atoms with Crippen molar-refractivity contribution >= 4 is 67.1 Å². The minimum Gasteiger partial charge on any atom is -0.505 e. The molecule has 3 N–H and O–H groups in total. The molecule has 0 saturated carbocycles. The van der Waals surface area contributed by atoms with Crippen LogP contribution in [0.4, 0.5) is 17.1 Å². The van der Waals surface area contributed by atoms with E-state index in [2.05, 4.69) is 15.5 Å². The smallest absolute Gasteiger partial charge is 0.296 e. The second-order valence-corrected chi connectivity index (χ2v) is 10.0. The number of fused-ring (bicyclic) bond motifs is 1. The zero-order valence-corrected chi connectivity index (χ0v) is 21.7. The Kier molecular flexibility index (Phi) is 7.37. The zero-order valence-electron chi connectivity index (χ0n) is 19.4. The van der Waals surface area contributed by atoms with E-state index in [4.69, 9.17) is 27.9 Å². The van der Waals surface area contributed by atoms with Gasteiger partial charge in [-0.3, -0.25) is 9.35 Å². The molecule has 0 bridgehead atoms. The fourth-order valence-electron chi connectivity index (χ4n) is 3.71. The molecule has 0 aromatic heterocycles. The first-order valence-corrected chi connectivity index (χ1v) is 12.8. The summed E-state index contributed by atoms with van der Waals surface area (Å²) in [6.07, 6.45) is 0. The Balaban J connectivity index is 1.79. The average Bonchev–Trinajstić information content (AvgIpc) is 2.83. The van der Waals surface area contributed by atoms with Gasteiger partial charge in [-0.15, -0.1) is 5.11 Å². The Morgan fingerprint density at radius 3 is 2.41 bits per heavy atom. The Bertz CT molecular complexity index is 1690. The molecular weight excluding hydrogens is 541 g/mol. The molecule has 37 heavy (non-hydrogen) atoms. The summed E-state index contributed by atoms with van der Waals surface area (Å²) in [7, 11) is -3.15. The lowest BCUT2D eigenvalue weighted by molar-refractivity contribution is 0.102. The second kappa shape index (κ2) is 10.3. The zero-order chi connectivity index (χ0) is 26.9. The first kappa shape index (κ1) is 26.4. The Hall–Kier alpha value is -3.70. The monoisotopic (exact) mass is 559 g/mol. The van der Waals surface area contributed by atoms with Crippen LogP contribution in [0.2, 0.25) is 10.0 Å². The molecule has 0 aliphatic heterocycles. The molecule has 0 atom stereocenters. The number of anilines is 1. The minimum absolute atomic E-state index is 0.0150. The number of hydrogen-bond donors (Lipinski definition) is 3. The van der Waals surface area contributed by atoms with Crippen LogP contribution in [0.3, 0.4) is 0 Å². The van der Waals surface area contributed by atoms with Gasteiger partial charge in [0, 0.05) is 11.1 Å². The number of halogens is 2. The van der Waals surface area contributed by atoms with Crippen LogP contribution in [0.1, 0.15) is 15.9 Å². The third-order valence-corrected chi connectivity index (χ3v) is 7.26. The molecule has 0 aliphatic rings. The van der Waals surface area contributed by atoms with Gasteiger partial charge in [0.2, 0.25) is 0 Å². The summed E-state index contributed by atoms with van der Waals surface area (Å²) >= 11 is 12.1. The van der Waals surface area contributed by atoms with E-state index in [-0.39, 0.29) is 27.5 Å². The number of phenols is 1. The number of phenolic OH excluding ortho intramolecular Hbond substituents is 1. The van der Waals surface area contributed by atoms with E-state index in [0.29, 0.717) is 27.2 Å². The highest BCUT2D eigenvalue weighted by atomic mass is 35.5. The van der Waals surface area contributed by atoms with Crippen molar-refractivity contribution in [2.75, 3.05) is 12.4 Å². The fraction of sp³-hybridized carbons (Fsp3) is 0.0800. The largest absolute Gasteiger partial charge is 0.505 e. The van der Waals surface area contributed by atoms with E-state index in [1.54, 1.807) is 36.4 Å². The molecule has 0 unspecified atom stereocenters. The normalized spacial score (nSPS) is 11.7. The topological polar surface area (TPSA) is 138 Å². The summed E-state index contributed by atoms with van der Waals surface area (Å²) in [6, 6.07) is 15.8. The van der Waals surface area contributed by atoms with Crippen LogP contribution in [-0.2, 0) is 10.1 Å². The summed E-state index contributed by atoms with van der Waals surface area (Å²) in [5.41, 5.74) is 0.432. The number of methoxy groups -OCH3 is 1. The van der Waals surface area contributed by atoms with Gasteiger partial charge >= 0.3 is 0 Å². The van der Waals surface area contributed by atoms with Gasteiger partial charge in [0.25, 0.3) is 16.0 Å². The minimum atomic E-state index is -4.62. The van der Waals surface area contributed by atoms with Crippen molar-refractivity contribution in [2.45, 2.75) is 11.8 Å². The van der Waals surface area contributed by atoms with Crippen molar-refractivity contribution in [3.8, 4) is 11.5 Å².